The van der Waals surface area contributed by atoms with E-state index in [-0.39, 0.29) is 43.3 Å². The second kappa shape index (κ2) is 15.5. The van der Waals surface area contributed by atoms with E-state index in [1.54, 1.807) is 26.2 Å². The van der Waals surface area contributed by atoms with Crippen LogP contribution in [0.15, 0.2) is 47.2 Å². The van der Waals surface area contributed by atoms with Crippen LogP contribution in [0, 0.1) is 11.8 Å². The first-order valence-corrected chi connectivity index (χ1v) is 14.2. The lowest BCUT2D eigenvalue weighted by Gasteiger charge is -2.32. The van der Waals surface area contributed by atoms with Gasteiger partial charge in [0.1, 0.15) is 23.9 Å². The number of hydroxylamine groups is 1. The van der Waals surface area contributed by atoms with Crippen molar-refractivity contribution in [1.29, 1.82) is 0 Å². The van der Waals surface area contributed by atoms with Crippen LogP contribution in [-0.2, 0) is 28.6 Å². The van der Waals surface area contributed by atoms with Gasteiger partial charge in [-0.2, -0.15) is 0 Å². The van der Waals surface area contributed by atoms with Crippen molar-refractivity contribution in [1.82, 2.24) is 5.48 Å². The number of aliphatic hydroxyl groups is 2. The Balaban J connectivity index is 2.13. The van der Waals surface area contributed by atoms with Crippen molar-refractivity contribution in [3.05, 3.63) is 47.2 Å². The standard InChI is InChI=1S/C31H49NO8/c1-9-25(32-37-8)22(5)30-26(39-30)17-19(2)11-10-12-20(3)29-21(4)13-14-27(38-23(6)33)31(7,36)16-15-24(34)18-28(35)40-29/h10-14,19,21,24,26-27,29-30,32,34,36H,9,15-18H2,1-8H3. The molecule has 3 N–H and O–H groups in total. The van der Waals surface area contributed by atoms with Gasteiger partial charge in [0, 0.05) is 18.5 Å². The van der Waals surface area contributed by atoms with Crippen LogP contribution in [0.5, 0.6) is 0 Å². The fraction of sp³-hybridized carbons (Fsp3) is 0.677. The predicted molar refractivity (Wildman–Crippen MR) is 153 cm³/mol. The van der Waals surface area contributed by atoms with Gasteiger partial charge in [-0.3, -0.25) is 19.9 Å². The zero-order valence-electron chi connectivity index (χ0n) is 25.3. The van der Waals surface area contributed by atoms with Gasteiger partial charge < -0.3 is 24.4 Å². The molecule has 8 atom stereocenters. The quantitative estimate of drug-likeness (QED) is 0.116. The minimum absolute atomic E-state index is 0.0981. The fourth-order valence-electron chi connectivity index (χ4n) is 5.00. The molecule has 0 bridgehead atoms. The number of cyclic esters (lactones) is 1. The first kappa shape index (κ1) is 33.7. The molecule has 0 radical (unpaired) electrons. The van der Waals surface area contributed by atoms with Crippen LogP contribution in [0.1, 0.15) is 80.6 Å². The van der Waals surface area contributed by atoms with Crippen LogP contribution in [0.25, 0.3) is 0 Å². The maximum atomic E-state index is 12.6. The molecule has 9 nitrogen and oxygen atoms in total. The predicted octanol–water partition coefficient (Wildman–Crippen LogP) is 4.45. The van der Waals surface area contributed by atoms with Crippen molar-refractivity contribution in [2.75, 3.05) is 7.11 Å². The highest BCUT2D eigenvalue weighted by Gasteiger charge is 2.41. The zero-order chi connectivity index (χ0) is 30.0. The topological polar surface area (TPSA) is 127 Å². The molecule has 2 aliphatic rings. The van der Waals surface area contributed by atoms with Crippen molar-refractivity contribution in [3.8, 4) is 0 Å². The molecule has 1 fully saturated rings. The molecule has 9 heteroatoms. The van der Waals surface area contributed by atoms with Crippen LogP contribution in [0.3, 0.4) is 0 Å². The highest BCUT2D eigenvalue weighted by atomic mass is 16.6. The molecule has 0 saturated carbocycles. The summed E-state index contributed by atoms with van der Waals surface area (Å²) < 4.78 is 17.1. The van der Waals surface area contributed by atoms with Crippen LogP contribution < -0.4 is 5.48 Å². The van der Waals surface area contributed by atoms with E-state index in [1.165, 1.54) is 6.92 Å². The number of hydrogen-bond acceptors (Lipinski definition) is 9. The van der Waals surface area contributed by atoms with E-state index in [0.29, 0.717) is 0 Å². The zero-order valence-corrected chi connectivity index (χ0v) is 25.3. The van der Waals surface area contributed by atoms with Crippen molar-refractivity contribution < 1.29 is 38.9 Å². The lowest BCUT2D eigenvalue weighted by atomic mass is 9.88. The number of rotatable bonds is 10. The Morgan fingerprint density at radius 1 is 1.27 bits per heavy atom. The second-order valence-electron chi connectivity index (χ2n) is 11.4. The molecular weight excluding hydrogens is 514 g/mol. The van der Waals surface area contributed by atoms with Crippen molar-refractivity contribution in [3.63, 3.8) is 0 Å². The molecular formula is C31H49NO8. The average Bonchev–Trinajstić information content (AvgIpc) is 3.64. The lowest BCUT2D eigenvalue weighted by Crippen LogP contribution is -2.42. The van der Waals surface area contributed by atoms with Gasteiger partial charge in [0.2, 0.25) is 0 Å². The molecule has 0 aromatic carbocycles. The molecule has 40 heavy (non-hydrogen) atoms. The van der Waals surface area contributed by atoms with E-state index < -0.39 is 35.9 Å². The number of esters is 2. The largest absolute Gasteiger partial charge is 0.457 e. The van der Waals surface area contributed by atoms with E-state index in [4.69, 9.17) is 19.0 Å². The van der Waals surface area contributed by atoms with Crippen molar-refractivity contribution in [2.24, 2.45) is 11.8 Å². The van der Waals surface area contributed by atoms with Crippen molar-refractivity contribution in [2.45, 2.75) is 117 Å². The Morgan fingerprint density at radius 3 is 2.60 bits per heavy atom. The summed E-state index contributed by atoms with van der Waals surface area (Å²) in [6.07, 6.45) is 9.06. The smallest absolute Gasteiger partial charge is 0.309 e. The summed E-state index contributed by atoms with van der Waals surface area (Å²) in [5.41, 5.74) is 4.57. The van der Waals surface area contributed by atoms with Gasteiger partial charge in [0.05, 0.1) is 25.7 Å². The molecule has 2 heterocycles. The van der Waals surface area contributed by atoms with E-state index in [9.17, 15) is 19.8 Å². The summed E-state index contributed by atoms with van der Waals surface area (Å²) in [7, 11) is 1.60. The molecule has 0 aromatic heterocycles. The van der Waals surface area contributed by atoms with Crippen molar-refractivity contribution >= 4 is 11.9 Å². The maximum absolute atomic E-state index is 12.6. The van der Waals surface area contributed by atoms with Crippen LogP contribution in [0.4, 0.5) is 0 Å². The van der Waals surface area contributed by atoms with Crippen LogP contribution in [-0.4, -0.2) is 65.4 Å². The van der Waals surface area contributed by atoms with Crippen LogP contribution in [0.2, 0.25) is 0 Å². The number of ether oxygens (including phenoxy) is 3. The summed E-state index contributed by atoms with van der Waals surface area (Å²) in [5, 5.41) is 21.3. The third kappa shape index (κ3) is 10.5. The molecule has 0 amide bonds. The van der Waals surface area contributed by atoms with E-state index >= 15 is 0 Å². The molecule has 0 aliphatic carbocycles. The second-order valence-corrected chi connectivity index (χ2v) is 11.4. The number of nitrogens with one attached hydrogen (secondary N) is 1. The monoisotopic (exact) mass is 563 g/mol. The normalized spacial score (nSPS) is 33.4. The third-order valence-electron chi connectivity index (χ3n) is 7.53. The summed E-state index contributed by atoms with van der Waals surface area (Å²) in [6.45, 7) is 12.9. The van der Waals surface area contributed by atoms with Gasteiger partial charge >= 0.3 is 11.9 Å². The number of carbonyl (C=O) groups excluding carboxylic acids is 2. The molecule has 0 spiro atoms. The lowest BCUT2D eigenvalue weighted by molar-refractivity contribution is -0.157. The van der Waals surface area contributed by atoms with Gasteiger partial charge in [-0.25, -0.2) is 0 Å². The van der Waals surface area contributed by atoms with Crippen LogP contribution >= 0.6 is 0 Å². The number of allylic oxidation sites excluding steroid dienone is 4. The molecule has 226 valence electrons. The molecule has 2 rings (SSSR count). The molecule has 2 aliphatic heterocycles. The molecule has 1 saturated heterocycles. The average molecular weight is 564 g/mol. The Kier molecular flexibility index (Phi) is 13.1. The number of epoxide rings is 1. The van der Waals surface area contributed by atoms with Gasteiger partial charge in [-0.05, 0) is 69.6 Å². The highest BCUT2D eigenvalue weighted by molar-refractivity contribution is 5.70. The SMILES string of the molecule is CCC(NOC)=C(C)C1OC1CC(C)C=CC=C(C)C1OC(=O)CC(O)CCC(C)(O)C(OC(C)=O)C=CC1C. The van der Waals surface area contributed by atoms with E-state index in [1.807, 2.05) is 26.0 Å². The number of aliphatic hydroxyl groups excluding tert-OH is 1. The van der Waals surface area contributed by atoms with E-state index in [2.05, 4.69) is 32.3 Å². The van der Waals surface area contributed by atoms with Gasteiger partial charge in [0.25, 0.3) is 0 Å². The van der Waals surface area contributed by atoms with Gasteiger partial charge in [0.15, 0.2) is 0 Å². The van der Waals surface area contributed by atoms with E-state index in [0.717, 1.165) is 29.7 Å². The minimum Gasteiger partial charge on any atom is -0.457 e. The summed E-state index contributed by atoms with van der Waals surface area (Å²) in [5.74, 6) is -1.03. The minimum atomic E-state index is -1.40. The summed E-state index contributed by atoms with van der Waals surface area (Å²) in [6, 6.07) is 0. The molecule has 0 aromatic rings. The fourth-order valence-corrected chi connectivity index (χ4v) is 5.00. The first-order valence-electron chi connectivity index (χ1n) is 14.2. The Labute approximate surface area is 239 Å². The summed E-state index contributed by atoms with van der Waals surface area (Å²) >= 11 is 0. The first-order chi connectivity index (χ1) is 18.8. The maximum Gasteiger partial charge on any atom is 0.309 e. The Bertz CT molecular complexity index is 982. The van der Waals surface area contributed by atoms with Gasteiger partial charge in [-0.1, -0.05) is 45.1 Å². The highest BCUT2D eigenvalue weighted by Crippen LogP contribution is 2.35. The Morgan fingerprint density at radius 2 is 1.98 bits per heavy atom. The molecule has 8 unspecified atom stereocenters. The third-order valence-corrected chi connectivity index (χ3v) is 7.53. The van der Waals surface area contributed by atoms with Gasteiger partial charge in [-0.15, -0.1) is 0 Å². The number of hydrogen-bond donors (Lipinski definition) is 3. The Hall–Kier alpha value is -2.46. The number of carbonyl (C=O) groups is 2. The summed E-state index contributed by atoms with van der Waals surface area (Å²) in [4.78, 5) is 29.4.